The van der Waals surface area contributed by atoms with Gasteiger partial charge in [-0.15, -0.1) is 10.2 Å². The summed E-state index contributed by atoms with van der Waals surface area (Å²) in [6, 6.07) is 16.4. The third-order valence-electron chi connectivity index (χ3n) is 4.73. The van der Waals surface area contributed by atoms with E-state index in [1.165, 1.54) is 5.56 Å². The molecular formula is C22H24N6O. The molecule has 0 saturated heterocycles. The largest absolute Gasteiger partial charge is 0.496 e. The fourth-order valence-electron chi connectivity index (χ4n) is 3.33. The number of hydrogen-bond donors (Lipinski definition) is 1. The first-order valence-corrected chi connectivity index (χ1v) is 9.44. The number of hydrogen-bond acceptors (Lipinski definition) is 6. The van der Waals surface area contributed by atoms with E-state index in [1.807, 2.05) is 34.9 Å². The van der Waals surface area contributed by atoms with Crippen molar-refractivity contribution >= 4 is 11.6 Å². The van der Waals surface area contributed by atoms with Crippen LogP contribution in [0.5, 0.6) is 5.75 Å². The van der Waals surface area contributed by atoms with E-state index in [1.54, 1.807) is 13.4 Å². The van der Waals surface area contributed by atoms with Crippen molar-refractivity contribution in [3.05, 3.63) is 72.2 Å². The number of aromatic nitrogens is 4. The first kappa shape index (κ1) is 18.9. The summed E-state index contributed by atoms with van der Waals surface area (Å²) in [5.74, 6) is 1.53. The predicted molar refractivity (Wildman–Crippen MR) is 114 cm³/mol. The van der Waals surface area contributed by atoms with E-state index in [4.69, 9.17) is 4.74 Å². The number of methoxy groups -OCH3 is 1. The van der Waals surface area contributed by atoms with Crippen molar-refractivity contribution < 1.29 is 4.74 Å². The summed E-state index contributed by atoms with van der Waals surface area (Å²) in [6.45, 7) is 1.49. The number of para-hydroxylation sites is 1. The molecule has 2 aromatic heterocycles. The van der Waals surface area contributed by atoms with Crippen molar-refractivity contribution in [3.63, 3.8) is 0 Å². The first-order chi connectivity index (χ1) is 14.2. The van der Waals surface area contributed by atoms with E-state index in [9.17, 15) is 0 Å². The fraction of sp³-hybridized carbons (Fsp3) is 0.227. The summed E-state index contributed by atoms with van der Waals surface area (Å²) >= 11 is 0. The van der Waals surface area contributed by atoms with Crippen LogP contribution in [0.25, 0.3) is 16.8 Å². The van der Waals surface area contributed by atoms with Crippen LogP contribution in [-0.4, -0.2) is 45.7 Å². The van der Waals surface area contributed by atoms with Gasteiger partial charge in [0.15, 0.2) is 5.65 Å². The Labute approximate surface area is 170 Å². The average molecular weight is 388 g/mol. The summed E-state index contributed by atoms with van der Waals surface area (Å²) in [6.07, 6.45) is 3.52. The molecule has 0 spiro atoms. The number of anilines is 1. The molecule has 0 bridgehead atoms. The van der Waals surface area contributed by atoms with E-state index >= 15 is 0 Å². The molecule has 0 radical (unpaired) electrons. The van der Waals surface area contributed by atoms with Crippen LogP contribution in [0.1, 0.15) is 11.1 Å². The van der Waals surface area contributed by atoms with Crippen LogP contribution >= 0.6 is 0 Å². The van der Waals surface area contributed by atoms with Gasteiger partial charge in [0.25, 0.3) is 0 Å². The van der Waals surface area contributed by atoms with E-state index in [-0.39, 0.29) is 0 Å². The molecule has 148 valence electrons. The van der Waals surface area contributed by atoms with Crippen LogP contribution in [0.2, 0.25) is 0 Å². The number of benzene rings is 2. The van der Waals surface area contributed by atoms with Crippen molar-refractivity contribution in [2.24, 2.45) is 0 Å². The molecule has 1 N–H and O–H groups in total. The number of ether oxygens (including phenoxy) is 1. The molecule has 0 aliphatic rings. The minimum Gasteiger partial charge on any atom is -0.496 e. The predicted octanol–water partition coefficient (Wildman–Crippen LogP) is 3.47. The fourth-order valence-corrected chi connectivity index (χ4v) is 3.33. The summed E-state index contributed by atoms with van der Waals surface area (Å²) in [7, 11) is 5.80. The van der Waals surface area contributed by atoms with Gasteiger partial charge in [-0.05, 0) is 31.3 Å². The highest BCUT2D eigenvalue weighted by molar-refractivity contribution is 5.77. The Morgan fingerprint density at radius 1 is 1.07 bits per heavy atom. The van der Waals surface area contributed by atoms with Gasteiger partial charge in [0, 0.05) is 30.4 Å². The highest BCUT2D eigenvalue weighted by Gasteiger charge is 2.12. The lowest BCUT2D eigenvalue weighted by atomic mass is 10.1. The smallest absolute Gasteiger partial charge is 0.210 e. The molecular weight excluding hydrogens is 364 g/mol. The second kappa shape index (κ2) is 8.28. The van der Waals surface area contributed by atoms with Crippen LogP contribution in [-0.2, 0) is 13.1 Å². The van der Waals surface area contributed by atoms with Gasteiger partial charge in [0.1, 0.15) is 12.1 Å². The van der Waals surface area contributed by atoms with Crippen molar-refractivity contribution in [1.82, 2.24) is 24.5 Å². The molecule has 0 aliphatic heterocycles. The van der Waals surface area contributed by atoms with Crippen LogP contribution in [0, 0.1) is 0 Å². The van der Waals surface area contributed by atoms with Gasteiger partial charge < -0.3 is 15.0 Å². The van der Waals surface area contributed by atoms with Crippen LogP contribution < -0.4 is 10.1 Å². The van der Waals surface area contributed by atoms with Gasteiger partial charge in [-0.3, -0.25) is 4.40 Å². The van der Waals surface area contributed by atoms with Crippen LogP contribution in [0.15, 0.2) is 61.1 Å². The zero-order chi connectivity index (χ0) is 20.2. The lowest BCUT2D eigenvalue weighted by Gasteiger charge is -2.13. The van der Waals surface area contributed by atoms with Gasteiger partial charge >= 0.3 is 0 Å². The minimum atomic E-state index is 0.586. The summed E-state index contributed by atoms with van der Waals surface area (Å²) in [4.78, 5) is 6.77. The zero-order valence-corrected chi connectivity index (χ0v) is 16.8. The second-order valence-electron chi connectivity index (χ2n) is 7.12. The summed E-state index contributed by atoms with van der Waals surface area (Å²) in [5.41, 5.74) is 5.09. The molecule has 29 heavy (non-hydrogen) atoms. The molecule has 7 heteroatoms. The summed E-state index contributed by atoms with van der Waals surface area (Å²) < 4.78 is 7.30. The maximum absolute atomic E-state index is 5.42. The number of nitrogens with zero attached hydrogens (tertiary/aromatic N) is 5. The van der Waals surface area contributed by atoms with Crippen molar-refractivity contribution in [1.29, 1.82) is 0 Å². The first-order valence-electron chi connectivity index (χ1n) is 9.44. The normalized spacial score (nSPS) is 11.2. The third kappa shape index (κ3) is 4.05. The average Bonchev–Trinajstić information content (AvgIpc) is 3.23. The summed E-state index contributed by atoms with van der Waals surface area (Å²) in [5, 5.41) is 11.8. The monoisotopic (exact) mass is 388 g/mol. The minimum absolute atomic E-state index is 0.586. The van der Waals surface area contributed by atoms with Crippen molar-refractivity contribution in [2.75, 3.05) is 26.5 Å². The van der Waals surface area contributed by atoms with Crippen molar-refractivity contribution in [3.8, 4) is 16.9 Å². The lowest BCUT2D eigenvalue weighted by molar-refractivity contribution is 0.402. The van der Waals surface area contributed by atoms with Gasteiger partial charge in [-0.2, -0.15) is 0 Å². The van der Waals surface area contributed by atoms with E-state index < -0.39 is 0 Å². The topological polar surface area (TPSA) is 67.6 Å². The highest BCUT2D eigenvalue weighted by Crippen LogP contribution is 2.25. The van der Waals surface area contributed by atoms with Crippen molar-refractivity contribution in [2.45, 2.75) is 13.1 Å². The molecule has 0 aliphatic carbocycles. The number of nitrogens with one attached hydrogen (secondary N) is 1. The number of fused-ring (bicyclic) bond motifs is 1. The standard InChI is InChI=1S/C22H24N6O/c1-27(2)14-16-8-10-17(11-9-16)19-13-24-22(28-15-25-26-21(19)28)23-12-18-6-4-5-7-20(18)29-3/h4-11,13,15H,12,14H2,1-3H3,(H,23,24). The molecule has 0 unspecified atom stereocenters. The molecule has 7 nitrogen and oxygen atoms in total. The molecule has 0 fully saturated rings. The maximum atomic E-state index is 5.42. The zero-order valence-electron chi connectivity index (χ0n) is 16.8. The number of rotatable bonds is 7. The highest BCUT2D eigenvalue weighted by atomic mass is 16.5. The molecule has 2 aromatic carbocycles. The molecule has 0 atom stereocenters. The van der Waals surface area contributed by atoms with Crippen LogP contribution in [0.3, 0.4) is 0 Å². The van der Waals surface area contributed by atoms with Gasteiger partial charge in [-0.25, -0.2) is 4.98 Å². The Bertz CT molecular complexity index is 1100. The maximum Gasteiger partial charge on any atom is 0.210 e. The molecule has 4 rings (SSSR count). The molecule has 2 heterocycles. The molecule has 0 saturated carbocycles. The Hall–Kier alpha value is -3.45. The Balaban J connectivity index is 1.60. The molecule has 0 amide bonds. The van der Waals surface area contributed by atoms with Gasteiger partial charge in [-0.1, -0.05) is 42.5 Å². The quantitative estimate of drug-likeness (QED) is 0.523. The lowest BCUT2D eigenvalue weighted by Crippen LogP contribution is -2.10. The Morgan fingerprint density at radius 3 is 2.62 bits per heavy atom. The third-order valence-corrected chi connectivity index (χ3v) is 4.73. The van der Waals surface area contributed by atoms with E-state index in [0.29, 0.717) is 12.5 Å². The molecule has 4 aromatic rings. The van der Waals surface area contributed by atoms with Gasteiger partial charge in [0.2, 0.25) is 5.95 Å². The van der Waals surface area contributed by atoms with Gasteiger partial charge in [0.05, 0.1) is 7.11 Å². The Morgan fingerprint density at radius 2 is 1.86 bits per heavy atom. The second-order valence-corrected chi connectivity index (χ2v) is 7.12. The van der Waals surface area contributed by atoms with Crippen LogP contribution in [0.4, 0.5) is 5.95 Å². The van der Waals surface area contributed by atoms with E-state index in [2.05, 4.69) is 63.8 Å². The van der Waals surface area contributed by atoms with E-state index in [0.717, 1.165) is 34.6 Å². The Kier molecular flexibility index (Phi) is 5.39. The SMILES string of the molecule is COc1ccccc1CNc1ncc(-c2ccc(CN(C)C)cc2)c2nncn12.